The minimum absolute atomic E-state index is 0.0999. The molecule has 0 spiro atoms. The lowest BCUT2D eigenvalue weighted by Crippen LogP contribution is -2.30. The van der Waals surface area contributed by atoms with Crippen LogP contribution in [-0.2, 0) is 9.63 Å². The van der Waals surface area contributed by atoms with E-state index in [9.17, 15) is 9.59 Å². The van der Waals surface area contributed by atoms with Crippen LogP contribution in [0.1, 0.15) is 10.4 Å². The van der Waals surface area contributed by atoms with Crippen LogP contribution >= 0.6 is 0 Å². The maximum atomic E-state index is 11.6. The van der Waals surface area contributed by atoms with E-state index in [0.717, 1.165) is 0 Å². The Morgan fingerprint density at radius 3 is 2.60 bits per heavy atom. The fourth-order valence-corrected chi connectivity index (χ4v) is 0.984. The second kappa shape index (κ2) is 5.90. The van der Waals surface area contributed by atoms with Crippen LogP contribution in [0.4, 0.5) is 0 Å². The summed E-state index contributed by atoms with van der Waals surface area (Å²) in [6.45, 7) is -0.357. The summed E-state index contributed by atoms with van der Waals surface area (Å²) in [5.74, 6) is -0.556. The standard InChI is InChI=1S/C10H11NO4/c12-6-7-15-11(8-13)10(14)9-4-2-1-3-5-9/h1-5,8,12H,6-7H2. The van der Waals surface area contributed by atoms with E-state index in [4.69, 9.17) is 9.94 Å². The number of amides is 2. The first-order chi connectivity index (χ1) is 7.29. The molecule has 0 saturated carbocycles. The lowest BCUT2D eigenvalue weighted by Gasteiger charge is -2.13. The summed E-state index contributed by atoms with van der Waals surface area (Å²) in [4.78, 5) is 26.8. The topological polar surface area (TPSA) is 66.8 Å². The maximum absolute atomic E-state index is 11.6. The lowest BCUT2D eigenvalue weighted by atomic mass is 10.2. The first-order valence-electron chi connectivity index (χ1n) is 4.37. The predicted molar refractivity (Wildman–Crippen MR) is 51.7 cm³/mol. The highest BCUT2D eigenvalue weighted by Crippen LogP contribution is 2.03. The highest BCUT2D eigenvalue weighted by atomic mass is 16.7. The Kier molecular flexibility index (Phi) is 4.46. The molecule has 0 aliphatic heterocycles. The van der Waals surface area contributed by atoms with Gasteiger partial charge in [-0.25, -0.2) is 0 Å². The van der Waals surface area contributed by atoms with Crippen molar-refractivity contribution < 1.29 is 19.5 Å². The molecule has 15 heavy (non-hydrogen) atoms. The lowest BCUT2D eigenvalue weighted by molar-refractivity contribution is -0.157. The molecule has 2 amide bonds. The molecule has 0 aromatic heterocycles. The quantitative estimate of drug-likeness (QED) is 0.556. The van der Waals surface area contributed by atoms with Crippen molar-refractivity contribution in [1.82, 2.24) is 5.06 Å². The van der Waals surface area contributed by atoms with Crippen LogP contribution in [0, 0.1) is 0 Å². The number of rotatable bonds is 5. The van der Waals surface area contributed by atoms with Gasteiger partial charge in [-0.05, 0) is 12.1 Å². The molecule has 5 nitrogen and oxygen atoms in total. The number of benzene rings is 1. The summed E-state index contributed by atoms with van der Waals surface area (Å²) >= 11 is 0. The first kappa shape index (κ1) is 11.4. The van der Waals surface area contributed by atoms with E-state index in [1.54, 1.807) is 30.3 Å². The number of aliphatic hydroxyl groups is 1. The minimum atomic E-state index is -0.556. The van der Waals surface area contributed by atoms with Crippen molar-refractivity contribution in [1.29, 1.82) is 0 Å². The van der Waals surface area contributed by atoms with Gasteiger partial charge in [-0.2, -0.15) is 5.06 Å². The van der Waals surface area contributed by atoms with Crippen molar-refractivity contribution in [2.24, 2.45) is 0 Å². The van der Waals surface area contributed by atoms with Crippen LogP contribution < -0.4 is 0 Å². The third-order valence-corrected chi connectivity index (χ3v) is 1.64. The molecule has 1 aromatic carbocycles. The van der Waals surface area contributed by atoms with Gasteiger partial charge in [-0.1, -0.05) is 18.2 Å². The number of hydrogen-bond donors (Lipinski definition) is 1. The zero-order valence-corrected chi connectivity index (χ0v) is 8.00. The molecular formula is C10H11NO4. The molecule has 1 N–H and O–H groups in total. The molecule has 0 aliphatic carbocycles. The Hall–Kier alpha value is -1.72. The number of nitrogens with zero attached hydrogens (tertiary/aromatic N) is 1. The summed E-state index contributed by atoms with van der Waals surface area (Å²) in [6.07, 6.45) is 0.269. The molecule has 0 aliphatic rings. The van der Waals surface area contributed by atoms with E-state index < -0.39 is 5.91 Å². The van der Waals surface area contributed by atoms with Crippen molar-refractivity contribution in [2.75, 3.05) is 13.2 Å². The van der Waals surface area contributed by atoms with E-state index in [2.05, 4.69) is 0 Å². The first-order valence-corrected chi connectivity index (χ1v) is 4.37. The Labute approximate surface area is 86.8 Å². The van der Waals surface area contributed by atoms with Gasteiger partial charge in [0.2, 0.25) is 6.41 Å². The van der Waals surface area contributed by atoms with Crippen molar-refractivity contribution >= 4 is 12.3 Å². The van der Waals surface area contributed by atoms with E-state index in [0.29, 0.717) is 10.6 Å². The normalized spacial score (nSPS) is 9.67. The molecule has 5 heteroatoms. The third kappa shape index (κ3) is 3.16. The fraction of sp³-hybridized carbons (Fsp3) is 0.200. The van der Waals surface area contributed by atoms with Gasteiger partial charge in [0.25, 0.3) is 5.91 Å². The van der Waals surface area contributed by atoms with Crippen molar-refractivity contribution in [3.05, 3.63) is 35.9 Å². The third-order valence-electron chi connectivity index (χ3n) is 1.64. The summed E-state index contributed by atoms with van der Waals surface area (Å²) in [5.41, 5.74) is 0.350. The van der Waals surface area contributed by atoms with E-state index in [-0.39, 0.29) is 19.6 Å². The van der Waals surface area contributed by atoms with Gasteiger partial charge < -0.3 is 5.11 Å². The van der Waals surface area contributed by atoms with Gasteiger partial charge in [-0.3, -0.25) is 14.4 Å². The molecule has 0 atom stereocenters. The Morgan fingerprint density at radius 2 is 2.07 bits per heavy atom. The smallest absolute Gasteiger partial charge is 0.284 e. The van der Waals surface area contributed by atoms with E-state index in [1.165, 1.54) is 0 Å². The summed E-state index contributed by atoms with van der Waals surface area (Å²) in [5, 5.41) is 9.05. The largest absolute Gasteiger partial charge is 0.394 e. The van der Waals surface area contributed by atoms with Crippen molar-refractivity contribution in [3.8, 4) is 0 Å². The molecule has 0 saturated heterocycles. The van der Waals surface area contributed by atoms with E-state index in [1.807, 2.05) is 0 Å². The number of carbonyl (C=O) groups is 2. The monoisotopic (exact) mass is 209 g/mol. The summed E-state index contributed by atoms with van der Waals surface area (Å²) in [7, 11) is 0. The van der Waals surface area contributed by atoms with E-state index >= 15 is 0 Å². The number of carbonyl (C=O) groups excluding carboxylic acids is 2. The van der Waals surface area contributed by atoms with Crippen molar-refractivity contribution in [3.63, 3.8) is 0 Å². The zero-order valence-electron chi connectivity index (χ0n) is 8.00. The minimum Gasteiger partial charge on any atom is -0.394 e. The average molecular weight is 209 g/mol. The van der Waals surface area contributed by atoms with Crippen LogP contribution in [0.15, 0.2) is 30.3 Å². The zero-order chi connectivity index (χ0) is 11.1. The molecule has 0 bridgehead atoms. The van der Waals surface area contributed by atoms with Gasteiger partial charge in [0, 0.05) is 5.56 Å². The van der Waals surface area contributed by atoms with Crippen LogP contribution in [0.3, 0.4) is 0 Å². The van der Waals surface area contributed by atoms with Gasteiger partial charge in [0.15, 0.2) is 0 Å². The second-order valence-corrected chi connectivity index (χ2v) is 2.66. The van der Waals surface area contributed by atoms with Crippen LogP contribution in [-0.4, -0.2) is 35.7 Å². The average Bonchev–Trinajstić information content (AvgIpc) is 2.31. The molecule has 1 aromatic rings. The van der Waals surface area contributed by atoms with Gasteiger partial charge in [0.1, 0.15) is 0 Å². The van der Waals surface area contributed by atoms with Gasteiger partial charge >= 0.3 is 0 Å². The predicted octanol–water partition coefficient (Wildman–Crippen LogP) is 0.209. The summed E-state index contributed by atoms with van der Waals surface area (Å²) in [6, 6.07) is 8.27. The molecular weight excluding hydrogens is 198 g/mol. The molecule has 0 fully saturated rings. The maximum Gasteiger partial charge on any atom is 0.284 e. The number of hydrogen-bond acceptors (Lipinski definition) is 4. The Morgan fingerprint density at radius 1 is 1.40 bits per heavy atom. The number of hydroxylamine groups is 2. The van der Waals surface area contributed by atoms with Crippen LogP contribution in [0.25, 0.3) is 0 Å². The molecule has 0 heterocycles. The van der Waals surface area contributed by atoms with Crippen molar-refractivity contribution in [2.45, 2.75) is 0 Å². The Bertz CT molecular complexity index is 325. The SMILES string of the molecule is O=CN(OCCO)C(=O)c1ccccc1. The molecule has 0 unspecified atom stereocenters. The van der Waals surface area contributed by atoms with Crippen LogP contribution in [0.5, 0.6) is 0 Å². The fourth-order valence-electron chi connectivity index (χ4n) is 0.984. The van der Waals surface area contributed by atoms with Crippen LogP contribution in [0.2, 0.25) is 0 Å². The molecule has 1 rings (SSSR count). The number of aliphatic hydroxyl groups excluding tert-OH is 1. The second-order valence-electron chi connectivity index (χ2n) is 2.66. The Balaban J connectivity index is 2.69. The van der Waals surface area contributed by atoms with Gasteiger partial charge in [0.05, 0.1) is 13.2 Å². The molecule has 80 valence electrons. The highest BCUT2D eigenvalue weighted by Gasteiger charge is 2.14. The number of imide groups is 1. The highest BCUT2D eigenvalue weighted by molar-refractivity contribution is 5.98. The molecule has 0 radical (unpaired) electrons. The summed E-state index contributed by atoms with van der Waals surface area (Å²) < 4.78 is 0. The van der Waals surface area contributed by atoms with Gasteiger partial charge in [-0.15, -0.1) is 0 Å².